The summed E-state index contributed by atoms with van der Waals surface area (Å²) in [6.45, 7) is 7.16. The molecule has 0 bridgehead atoms. The molecule has 2 aliphatic heterocycles. The monoisotopic (exact) mass is 372 g/mol. The number of amides is 2. The zero-order valence-corrected chi connectivity index (χ0v) is 16.4. The van der Waals surface area contributed by atoms with E-state index >= 15 is 0 Å². The van der Waals surface area contributed by atoms with Crippen LogP contribution in [0.2, 0.25) is 0 Å². The van der Waals surface area contributed by atoms with Gasteiger partial charge in [0.05, 0.1) is 6.67 Å². The Morgan fingerprint density at radius 2 is 1.89 bits per heavy atom. The molecule has 1 unspecified atom stereocenters. The average molecular weight is 373 g/mol. The normalized spacial score (nSPS) is 21.5. The Bertz CT molecular complexity index is 614. The smallest absolute Gasteiger partial charge is 0.242 e. The Morgan fingerprint density at radius 1 is 1.15 bits per heavy atom. The molecule has 2 amide bonds. The molecule has 2 heterocycles. The SMILES string of the molecule is CCCC1CC(=O)N(CC(=O)N2CCN(CCc3ccccc3)CC2)CN1. The molecule has 2 fully saturated rings. The minimum Gasteiger partial charge on any atom is -0.339 e. The van der Waals surface area contributed by atoms with Crippen molar-refractivity contribution < 1.29 is 9.59 Å². The molecule has 148 valence electrons. The number of nitrogens with one attached hydrogen (secondary N) is 1. The number of benzene rings is 1. The van der Waals surface area contributed by atoms with E-state index in [1.165, 1.54) is 5.56 Å². The van der Waals surface area contributed by atoms with Gasteiger partial charge in [-0.05, 0) is 18.4 Å². The number of piperazine rings is 1. The molecule has 0 spiro atoms. The average Bonchev–Trinajstić information content (AvgIpc) is 2.70. The summed E-state index contributed by atoms with van der Waals surface area (Å²) in [7, 11) is 0. The highest BCUT2D eigenvalue weighted by molar-refractivity contribution is 5.85. The van der Waals surface area contributed by atoms with Crippen LogP contribution in [0.5, 0.6) is 0 Å². The molecule has 27 heavy (non-hydrogen) atoms. The van der Waals surface area contributed by atoms with Gasteiger partial charge in [0.25, 0.3) is 0 Å². The minimum absolute atomic E-state index is 0.0711. The molecule has 2 aliphatic rings. The summed E-state index contributed by atoms with van der Waals surface area (Å²) >= 11 is 0. The molecule has 1 aromatic rings. The van der Waals surface area contributed by atoms with Crippen molar-refractivity contribution in [1.29, 1.82) is 0 Å². The van der Waals surface area contributed by atoms with Gasteiger partial charge in [-0.2, -0.15) is 0 Å². The van der Waals surface area contributed by atoms with E-state index in [2.05, 4.69) is 41.4 Å². The van der Waals surface area contributed by atoms with Crippen molar-refractivity contribution in [3.05, 3.63) is 35.9 Å². The van der Waals surface area contributed by atoms with E-state index in [4.69, 9.17) is 0 Å². The van der Waals surface area contributed by atoms with Crippen molar-refractivity contribution >= 4 is 11.8 Å². The Hall–Kier alpha value is -1.92. The Balaban J connectivity index is 1.38. The molecule has 0 saturated carbocycles. The quantitative estimate of drug-likeness (QED) is 0.784. The first kappa shape index (κ1) is 19.8. The van der Waals surface area contributed by atoms with Gasteiger partial charge in [-0.15, -0.1) is 0 Å². The van der Waals surface area contributed by atoms with E-state index in [0.29, 0.717) is 13.1 Å². The third-order valence-corrected chi connectivity index (χ3v) is 5.59. The van der Waals surface area contributed by atoms with E-state index in [1.54, 1.807) is 4.90 Å². The van der Waals surface area contributed by atoms with Gasteiger partial charge in [0.2, 0.25) is 11.8 Å². The molecule has 0 aromatic heterocycles. The molecule has 3 rings (SSSR count). The number of hydrogen-bond donors (Lipinski definition) is 1. The zero-order valence-electron chi connectivity index (χ0n) is 16.4. The fraction of sp³-hybridized carbons (Fsp3) is 0.619. The van der Waals surface area contributed by atoms with E-state index < -0.39 is 0 Å². The maximum Gasteiger partial charge on any atom is 0.242 e. The number of rotatable bonds is 7. The molecule has 6 nitrogen and oxygen atoms in total. The summed E-state index contributed by atoms with van der Waals surface area (Å²) in [6.07, 6.45) is 3.63. The Labute approximate surface area is 162 Å². The van der Waals surface area contributed by atoms with Gasteiger partial charge in [0, 0.05) is 45.2 Å². The predicted octanol–water partition coefficient (Wildman–Crippen LogP) is 1.32. The van der Waals surface area contributed by atoms with Gasteiger partial charge in [-0.25, -0.2) is 0 Å². The third kappa shape index (κ3) is 5.78. The van der Waals surface area contributed by atoms with E-state index in [0.717, 1.165) is 52.0 Å². The van der Waals surface area contributed by atoms with Crippen LogP contribution < -0.4 is 5.32 Å². The lowest BCUT2D eigenvalue weighted by atomic mass is 10.1. The largest absolute Gasteiger partial charge is 0.339 e. The number of hydrogen-bond acceptors (Lipinski definition) is 4. The summed E-state index contributed by atoms with van der Waals surface area (Å²) in [5.74, 6) is 0.170. The molecule has 0 aliphatic carbocycles. The fourth-order valence-electron chi connectivity index (χ4n) is 3.85. The van der Waals surface area contributed by atoms with Crippen molar-refractivity contribution in [2.45, 2.75) is 38.6 Å². The van der Waals surface area contributed by atoms with Crippen LogP contribution in [-0.2, 0) is 16.0 Å². The van der Waals surface area contributed by atoms with E-state index in [1.807, 2.05) is 11.0 Å². The highest BCUT2D eigenvalue weighted by Gasteiger charge is 2.28. The van der Waals surface area contributed by atoms with Crippen molar-refractivity contribution in [3.63, 3.8) is 0 Å². The number of carbonyl (C=O) groups excluding carboxylic acids is 2. The van der Waals surface area contributed by atoms with Crippen molar-refractivity contribution in [2.24, 2.45) is 0 Å². The highest BCUT2D eigenvalue weighted by Crippen LogP contribution is 2.11. The second kappa shape index (κ2) is 9.85. The summed E-state index contributed by atoms with van der Waals surface area (Å²) < 4.78 is 0. The molecule has 2 saturated heterocycles. The standard InChI is InChI=1S/C21H32N4O2/c1-2-6-19-15-20(26)25(17-22-19)16-21(27)24-13-11-23(12-14-24)10-9-18-7-4-3-5-8-18/h3-5,7-8,19,22H,2,6,9-17H2,1H3. The first-order valence-electron chi connectivity index (χ1n) is 10.2. The highest BCUT2D eigenvalue weighted by atomic mass is 16.2. The molecule has 0 radical (unpaired) electrons. The minimum atomic E-state index is 0.0711. The van der Waals surface area contributed by atoms with Crippen LogP contribution in [0.1, 0.15) is 31.7 Å². The van der Waals surface area contributed by atoms with Gasteiger partial charge in [0.15, 0.2) is 0 Å². The molecule has 1 aromatic carbocycles. The van der Waals surface area contributed by atoms with Crippen molar-refractivity contribution in [3.8, 4) is 0 Å². The van der Waals surface area contributed by atoms with Crippen LogP contribution in [0.15, 0.2) is 30.3 Å². The van der Waals surface area contributed by atoms with Gasteiger partial charge in [-0.1, -0.05) is 43.7 Å². The second-order valence-corrected chi connectivity index (χ2v) is 7.60. The molecular weight excluding hydrogens is 340 g/mol. The van der Waals surface area contributed by atoms with E-state index in [9.17, 15) is 9.59 Å². The lowest BCUT2D eigenvalue weighted by Gasteiger charge is -2.37. The van der Waals surface area contributed by atoms with Crippen LogP contribution in [0.4, 0.5) is 0 Å². The summed E-state index contributed by atoms with van der Waals surface area (Å²) in [5.41, 5.74) is 1.36. The van der Waals surface area contributed by atoms with Crippen molar-refractivity contribution in [1.82, 2.24) is 20.0 Å². The lowest BCUT2D eigenvalue weighted by molar-refractivity contribution is -0.144. The van der Waals surface area contributed by atoms with Gasteiger partial charge in [0.1, 0.15) is 6.54 Å². The van der Waals surface area contributed by atoms with Crippen LogP contribution in [0, 0.1) is 0 Å². The topological polar surface area (TPSA) is 55.9 Å². The summed E-state index contributed by atoms with van der Waals surface area (Å²) in [5, 5.41) is 3.37. The van der Waals surface area contributed by atoms with Crippen molar-refractivity contribution in [2.75, 3.05) is 45.9 Å². The molecule has 1 N–H and O–H groups in total. The lowest BCUT2D eigenvalue weighted by Crippen LogP contribution is -2.56. The third-order valence-electron chi connectivity index (χ3n) is 5.59. The zero-order chi connectivity index (χ0) is 19.1. The van der Waals surface area contributed by atoms with Gasteiger partial charge >= 0.3 is 0 Å². The fourth-order valence-corrected chi connectivity index (χ4v) is 3.85. The Kier molecular flexibility index (Phi) is 7.24. The number of nitrogens with zero attached hydrogens (tertiary/aromatic N) is 3. The maximum atomic E-state index is 12.6. The summed E-state index contributed by atoms with van der Waals surface area (Å²) in [4.78, 5) is 30.9. The number of carbonyl (C=O) groups is 2. The summed E-state index contributed by atoms with van der Waals surface area (Å²) in [6, 6.07) is 10.8. The first-order chi connectivity index (χ1) is 13.2. The van der Waals surface area contributed by atoms with Crippen LogP contribution in [0.25, 0.3) is 0 Å². The Morgan fingerprint density at radius 3 is 2.56 bits per heavy atom. The first-order valence-corrected chi connectivity index (χ1v) is 10.2. The van der Waals surface area contributed by atoms with Gasteiger partial charge < -0.3 is 9.80 Å². The molecular formula is C21H32N4O2. The van der Waals surface area contributed by atoms with Crippen LogP contribution in [0.3, 0.4) is 0 Å². The predicted molar refractivity (Wildman–Crippen MR) is 106 cm³/mol. The van der Waals surface area contributed by atoms with Crippen LogP contribution in [-0.4, -0.2) is 78.5 Å². The second-order valence-electron chi connectivity index (χ2n) is 7.60. The maximum absolute atomic E-state index is 12.6. The molecule has 1 atom stereocenters. The van der Waals surface area contributed by atoms with Gasteiger partial charge in [-0.3, -0.25) is 19.8 Å². The molecule has 6 heteroatoms. The van der Waals surface area contributed by atoms with E-state index in [-0.39, 0.29) is 24.4 Å². The van der Waals surface area contributed by atoms with Crippen LogP contribution >= 0.6 is 0 Å².